The van der Waals surface area contributed by atoms with Crippen molar-refractivity contribution in [3.63, 3.8) is 0 Å². The zero-order valence-corrected chi connectivity index (χ0v) is 23.1. The second kappa shape index (κ2) is 13.9. The number of carbonyl (C=O) groups is 1. The topological polar surface area (TPSA) is 84.7 Å². The van der Waals surface area contributed by atoms with Crippen LogP contribution in [0, 0.1) is 5.92 Å². The maximum Gasteiger partial charge on any atom is 0.161 e. The first-order chi connectivity index (χ1) is 16.7. The van der Waals surface area contributed by atoms with E-state index < -0.39 is 17.6 Å². The first-order valence-electron chi connectivity index (χ1n) is 12.8. The van der Waals surface area contributed by atoms with Crippen LogP contribution in [-0.4, -0.2) is 55.3 Å². The smallest absolute Gasteiger partial charge is 0.161 e. The SMILES string of the molecule is CC.CCN(/C=C\CC(=O)CO)S(=O)c1ccc2c(c1)nc(C(C)(C)C)n2CCC1CCOCC1. The number of Topliss-reactive ketones (excluding diaryl/α,β-unsaturated/α-hetero) is 1. The molecular formula is C27H43N3O4S. The van der Waals surface area contributed by atoms with Crippen molar-refractivity contribution in [2.24, 2.45) is 5.92 Å². The highest BCUT2D eigenvalue weighted by molar-refractivity contribution is 7.82. The maximum atomic E-state index is 13.2. The van der Waals surface area contributed by atoms with E-state index >= 15 is 0 Å². The predicted molar refractivity (Wildman–Crippen MR) is 143 cm³/mol. The number of aliphatic hydroxyl groups is 1. The molecule has 1 atom stereocenters. The quantitative estimate of drug-likeness (QED) is 0.492. The maximum absolute atomic E-state index is 13.2. The number of hydrogen-bond acceptors (Lipinski definition) is 5. The molecule has 196 valence electrons. The van der Waals surface area contributed by atoms with Crippen molar-refractivity contribution in [1.82, 2.24) is 13.9 Å². The number of aliphatic hydroxyl groups excluding tert-OH is 1. The van der Waals surface area contributed by atoms with Gasteiger partial charge >= 0.3 is 0 Å². The van der Waals surface area contributed by atoms with Gasteiger partial charge in [-0.15, -0.1) is 0 Å². The fourth-order valence-electron chi connectivity index (χ4n) is 4.14. The first kappa shape index (κ1) is 29.2. The van der Waals surface area contributed by atoms with Crippen LogP contribution in [0.2, 0.25) is 0 Å². The fourth-order valence-corrected chi connectivity index (χ4v) is 5.24. The van der Waals surface area contributed by atoms with Crippen molar-refractivity contribution in [3.8, 4) is 0 Å². The van der Waals surface area contributed by atoms with Crippen LogP contribution in [0.4, 0.5) is 0 Å². The molecular weight excluding hydrogens is 462 g/mol. The average molecular weight is 506 g/mol. The Morgan fingerprint density at radius 3 is 2.57 bits per heavy atom. The molecule has 0 aliphatic carbocycles. The van der Waals surface area contributed by atoms with E-state index in [0.717, 1.165) is 55.9 Å². The Bertz CT molecular complexity index is 1000. The third kappa shape index (κ3) is 7.98. The molecule has 1 unspecified atom stereocenters. The monoisotopic (exact) mass is 505 g/mol. The van der Waals surface area contributed by atoms with Crippen LogP contribution >= 0.6 is 0 Å². The molecule has 0 amide bonds. The first-order valence-corrected chi connectivity index (χ1v) is 13.9. The molecule has 0 spiro atoms. The molecule has 1 aromatic carbocycles. The Labute approximate surface area is 213 Å². The predicted octanol–water partition coefficient (Wildman–Crippen LogP) is 4.99. The molecule has 1 aromatic heterocycles. The minimum atomic E-state index is -1.41. The number of hydrogen-bond donors (Lipinski definition) is 1. The minimum absolute atomic E-state index is 0.106. The van der Waals surface area contributed by atoms with Gasteiger partial charge in [0.05, 0.1) is 15.9 Å². The Balaban J connectivity index is 0.00000210. The molecule has 1 N–H and O–H groups in total. The summed E-state index contributed by atoms with van der Waals surface area (Å²) in [7, 11) is -1.41. The molecule has 1 aliphatic heterocycles. The van der Waals surface area contributed by atoms with Gasteiger partial charge < -0.3 is 14.4 Å². The second-order valence-corrected chi connectivity index (χ2v) is 11.0. The number of benzene rings is 1. The molecule has 0 saturated carbocycles. The highest BCUT2D eigenvalue weighted by atomic mass is 32.2. The van der Waals surface area contributed by atoms with E-state index in [-0.39, 0.29) is 17.6 Å². The Morgan fingerprint density at radius 2 is 1.97 bits per heavy atom. The Morgan fingerprint density at radius 1 is 1.29 bits per heavy atom. The lowest BCUT2D eigenvalue weighted by Gasteiger charge is -2.24. The number of ether oxygens (including phenoxy) is 1. The van der Waals surface area contributed by atoms with E-state index in [1.807, 2.05) is 39.0 Å². The van der Waals surface area contributed by atoms with Crippen LogP contribution in [0.1, 0.15) is 73.1 Å². The number of rotatable bonds is 10. The molecule has 3 rings (SSSR count). The van der Waals surface area contributed by atoms with E-state index in [1.54, 1.807) is 16.6 Å². The summed E-state index contributed by atoms with van der Waals surface area (Å²) in [6.45, 7) is 15.1. The lowest BCUT2D eigenvalue weighted by atomic mass is 9.94. The summed E-state index contributed by atoms with van der Waals surface area (Å²) in [6, 6.07) is 5.86. The largest absolute Gasteiger partial charge is 0.389 e. The summed E-state index contributed by atoms with van der Waals surface area (Å²) in [5, 5.41) is 8.87. The summed E-state index contributed by atoms with van der Waals surface area (Å²) in [6.07, 6.45) is 6.76. The molecule has 1 saturated heterocycles. The van der Waals surface area contributed by atoms with Crippen molar-refractivity contribution >= 4 is 27.8 Å². The standard InChI is InChI=1S/C25H37N3O4S.C2H6/c1-5-27(13-6-7-20(30)18-29)33(31)21-8-9-23-22(17-21)26-24(25(2,3)4)28(23)14-10-19-11-15-32-16-12-19;1-2/h6,8-9,13,17,19,29H,5,7,10-12,14-16,18H2,1-4H3;1-2H3/b13-6-;. The van der Waals surface area contributed by atoms with Gasteiger partial charge in [-0.2, -0.15) is 0 Å². The number of ketones is 1. The van der Waals surface area contributed by atoms with E-state index in [1.165, 1.54) is 0 Å². The van der Waals surface area contributed by atoms with Crippen LogP contribution in [0.3, 0.4) is 0 Å². The number of allylic oxidation sites excluding steroid dienone is 1. The van der Waals surface area contributed by atoms with Gasteiger partial charge in [-0.3, -0.25) is 9.10 Å². The van der Waals surface area contributed by atoms with Crippen molar-refractivity contribution in [3.05, 3.63) is 36.3 Å². The van der Waals surface area contributed by atoms with Crippen molar-refractivity contribution < 1.29 is 18.8 Å². The lowest BCUT2D eigenvalue weighted by Crippen LogP contribution is -2.22. The summed E-state index contributed by atoms with van der Waals surface area (Å²) in [5.41, 5.74) is 1.82. The average Bonchev–Trinajstić information content (AvgIpc) is 3.25. The number of imidazole rings is 1. The molecule has 1 fully saturated rings. The van der Waals surface area contributed by atoms with Gasteiger partial charge in [-0.05, 0) is 50.3 Å². The van der Waals surface area contributed by atoms with Crippen molar-refractivity contribution in [2.75, 3.05) is 26.4 Å². The second-order valence-electron chi connectivity index (χ2n) is 9.60. The van der Waals surface area contributed by atoms with Gasteiger partial charge in [0.25, 0.3) is 0 Å². The number of carbonyl (C=O) groups excluding carboxylic acids is 1. The van der Waals surface area contributed by atoms with Crippen LogP contribution in [0.15, 0.2) is 35.4 Å². The van der Waals surface area contributed by atoms with Crippen LogP contribution in [-0.2, 0) is 32.5 Å². The van der Waals surface area contributed by atoms with Gasteiger partial charge in [0.15, 0.2) is 16.8 Å². The minimum Gasteiger partial charge on any atom is -0.389 e. The van der Waals surface area contributed by atoms with Gasteiger partial charge in [0, 0.05) is 44.3 Å². The Hall–Kier alpha value is -2.03. The number of aryl methyl sites for hydroxylation is 1. The fraction of sp³-hybridized carbons (Fsp3) is 0.630. The zero-order chi connectivity index (χ0) is 26.0. The molecule has 35 heavy (non-hydrogen) atoms. The molecule has 0 radical (unpaired) electrons. The summed E-state index contributed by atoms with van der Waals surface area (Å²) in [5.74, 6) is 1.45. The number of aromatic nitrogens is 2. The van der Waals surface area contributed by atoms with E-state index in [0.29, 0.717) is 17.4 Å². The summed E-state index contributed by atoms with van der Waals surface area (Å²) < 4.78 is 22.7. The van der Waals surface area contributed by atoms with Crippen LogP contribution < -0.4 is 0 Å². The van der Waals surface area contributed by atoms with Gasteiger partial charge in [-0.1, -0.05) is 40.7 Å². The van der Waals surface area contributed by atoms with E-state index in [9.17, 15) is 9.00 Å². The normalized spacial score (nSPS) is 15.7. The molecule has 1 aliphatic rings. The van der Waals surface area contributed by atoms with E-state index in [2.05, 4.69) is 25.3 Å². The van der Waals surface area contributed by atoms with Crippen molar-refractivity contribution in [1.29, 1.82) is 0 Å². The highest BCUT2D eigenvalue weighted by Gasteiger charge is 2.24. The number of fused-ring (bicyclic) bond motifs is 1. The summed E-state index contributed by atoms with van der Waals surface area (Å²) in [4.78, 5) is 17.0. The molecule has 2 heterocycles. The molecule has 8 heteroatoms. The molecule has 2 aromatic rings. The van der Waals surface area contributed by atoms with Gasteiger partial charge in [-0.25, -0.2) is 9.19 Å². The zero-order valence-electron chi connectivity index (χ0n) is 22.2. The molecule has 0 bridgehead atoms. The third-order valence-electron chi connectivity index (χ3n) is 6.01. The Kier molecular flexibility index (Phi) is 11.6. The third-order valence-corrected chi connectivity index (χ3v) is 7.48. The van der Waals surface area contributed by atoms with Crippen molar-refractivity contribution in [2.45, 2.75) is 84.1 Å². The number of nitrogens with zero attached hydrogens (tertiary/aromatic N) is 3. The highest BCUT2D eigenvalue weighted by Crippen LogP contribution is 2.30. The molecule has 7 nitrogen and oxygen atoms in total. The van der Waals surface area contributed by atoms with Gasteiger partial charge in [0.2, 0.25) is 0 Å². The van der Waals surface area contributed by atoms with Crippen LogP contribution in [0.25, 0.3) is 11.0 Å². The van der Waals surface area contributed by atoms with E-state index in [4.69, 9.17) is 14.8 Å². The lowest BCUT2D eigenvalue weighted by molar-refractivity contribution is -0.120. The van der Waals surface area contributed by atoms with Gasteiger partial charge in [0.1, 0.15) is 12.4 Å². The summed E-state index contributed by atoms with van der Waals surface area (Å²) >= 11 is 0. The van der Waals surface area contributed by atoms with Crippen LogP contribution in [0.5, 0.6) is 0 Å².